The van der Waals surface area contributed by atoms with Crippen LogP contribution in [-0.2, 0) is 4.79 Å². The van der Waals surface area contributed by atoms with Gasteiger partial charge in [-0.2, -0.15) is 0 Å². The summed E-state index contributed by atoms with van der Waals surface area (Å²) < 4.78 is 1.61. The van der Waals surface area contributed by atoms with Crippen molar-refractivity contribution >= 4 is 59.4 Å². The standard InChI is InChI=1S/C10H9Br3N2O/c11-3-6-1-9(16)15(5-6)7-2-8(12)10(13)14-4-7/h2,4,6H,1,3,5H2. The van der Waals surface area contributed by atoms with Crippen LogP contribution in [0.25, 0.3) is 0 Å². The minimum absolute atomic E-state index is 0.167. The number of nitrogens with zero attached hydrogens (tertiary/aromatic N) is 2. The maximum Gasteiger partial charge on any atom is 0.227 e. The van der Waals surface area contributed by atoms with E-state index in [0.717, 1.165) is 26.6 Å². The highest BCUT2D eigenvalue weighted by Gasteiger charge is 2.30. The lowest BCUT2D eigenvalue weighted by Gasteiger charge is -2.16. The summed E-state index contributed by atoms with van der Waals surface area (Å²) in [5.41, 5.74) is 0.850. The van der Waals surface area contributed by atoms with Crippen molar-refractivity contribution in [3.05, 3.63) is 21.3 Å². The minimum atomic E-state index is 0.167. The molecule has 1 fully saturated rings. The van der Waals surface area contributed by atoms with Crippen LogP contribution in [0, 0.1) is 5.92 Å². The monoisotopic (exact) mass is 410 g/mol. The lowest BCUT2D eigenvalue weighted by atomic mass is 10.2. The van der Waals surface area contributed by atoms with E-state index < -0.39 is 0 Å². The molecule has 1 saturated heterocycles. The van der Waals surface area contributed by atoms with E-state index in [9.17, 15) is 4.79 Å². The van der Waals surface area contributed by atoms with Crippen LogP contribution in [-0.4, -0.2) is 22.8 Å². The number of hydrogen-bond acceptors (Lipinski definition) is 2. The van der Waals surface area contributed by atoms with Gasteiger partial charge >= 0.3 is 0 Å². The third kappa shape index (κ3) is 2.49. The number of halogens is 3. The molecular weight excluding hydrogens is 404 g/mol. The van der Waals surface area contributed by atoms with E-state index in [1.807, 2.05) is 6.07 Å². The Morgan fingerprint density at radius 1 is 1.50 bits per heavy atom. The summed E-state index contributed by atoms with van der Waals surface area (Å²) in [6, 6.07) is 1.91. The predicted octanol–water partition coefficient (Wildman–Crippen LogP) is 3.35. The summed E-state index contributed by atoms with van der Waals surface area (Å²) in [5, 5.41) is 0.861. The molecule has 0 N–H and O–H groups in total. The average Bonchev–Trinajstić information content (AvgIpc) is 2.64. The van der Waals surface area contributed by atoms with Crippen LogP contribution in [0.4, 0.5) is 5.69 Å². The molecule has 3 nitrogen and oxygen atoms in total. The summed E-state index contributed by atoms with van der Waals surface area (Å²) in [6.07, 6.45) is 2.32. The Balaban J connectivity index is 2.24. The highest BCUT2D eigenvalue weighted by molar-refractivity contribution is 9.13. The molecule has 0 radical (unpaired) electrons. The molecule has 1 aliphatic rings. The van der Waals surface area contributed by atoms with E-state index >= 15 is 0 Å². The second-order valence-corrected chi connectivity index (χ2v) is 5.95. The van der Waals surface area contributed by atoms with Gasteiger partial charge in [0.1, 0.15) is 4.60 Å². The normalized spacial score (nSPS) is 20.6. The maximum absolute atomic E-state index is 11.8. The number of pyridine rings is 1. The number of anilines is 1. The highest BCUT2D eigenvalue weighted by atomic mass is 79.9. The zero-order valence-corrected chi connectivity index (χ0v) is 13.0. The van der Waals surface area contributed by atoms with Gasteiger partial charge in [-0.15, -0.1) is 0 Å². The maximum atomic E-state index is 11.8. The van der Waals surface area contributed by atoms with E-state index in [0.29, 0.717) is 12.3 Å². The van der Waals surface area contributed by atoms with Crippen molar-refractivity contribution in [2.45, 2.75) is 6.42 Å². The third-order valence-electron chi connectivity index (χ3n) is 2.52. The van der Waals surface area contributed by atoms with Crippen LogP contribution in [0.3, 0.4) is 0 Å². The number of amides is 1. The first-order chi connectivity index (χ1) is 7.61. The van der Waals surface area contributed by atoms with Crippen molar-refractivity contribution in [2.75, 3.05) is 16.8 Å². The predicted molar refractivity (Wildman–Crippen MR) is 73.9 cm³/mol. The first kappa shape index (κ1) is 12.5. The van der Waals surface area contributed by atoms with Crippen LogP contribution < -0.4 is 4.90 Å². The van der Waals surface area contributed by atoms with E-state index in [4.69, 9.17) is 0 Å². The van der Waals surface area contributed by atoms with Gasteiger partial charge in [0.05, 0.1) is 16.4 Å². The Hall–Kier alpha value is 0.0600. The molecule has 1 aliphatic heterocycles. The van der Waals surface area contributed by atoms with Crippen molar-refractivity contribution in [3.8, 4) is 0 Å². The van der Waals surface area contributed by atoms with Gasteiger partial charge in [0.2, 0.25) is 5.91 Å². The molecule has 0 saturated carbocycles. The largest absolute Gasteiger partial charge is 0.311 e. The Kier molecular flexibility index (Phi) is 4.02. The molecule has 0 bridgehead atoms. The summed E-state index contributed by atoms with van der Waals surface area (Å²) in [5.74, 6) is 0.565. The molecule has 0 aromatic carbocycles. The summed E-state index contributed by atoms with van der Waals surface area (Å²) in [6.45, 7) is 0.764. The highest BCUT2D eigenvalue weighted by Crippen LogP contribution is 2.30. The SMILES string of the molecule is O=C1CC(CBr)CN1c1cnc(Br)c(Br)c1. The average molecular weight is 413 g/mol. The van der Waals surface area contributed by atoms with Gasteiger partial charge in [-0.25, -0.2) is 4.98 Å². The Morgan fingerprint density at radius 2 is 2.25 bits per heavy atom. The third-order valence-corrected chi connectivity index (χ3v) is 5.20. The van der Waals surface area contributed by atoms with Crippen molar-refractivity contribution in [1.29, 1.82) is 0 Å². The van der Waals surface area contributed by atoms with E-state index in [2.05, 4.69) is 52.8 Å². The van der Waals surface area contributed by atoms with Gasteiger partial charge in [0.25, 0.3) is 0 Å². The van der Waals surface area contributed by atoms with Crippen molar-refractivity contribution < 1.29 is 4.79 Å². The fraction of sp³-hybridized carbons (Fsp3) is 0.400. The molecule has 2 heterocycles. The van der Waals surface area contributed by atoms with Crippen molar-refractivity contribution in [1.82, 2.24) is 4.98 Å². The van der Waals surface area contributed by atoms with Crippen LogP contribution in [0.15, 0.2) is 21.3 Å². The van der Waals surface area contributed by atoms with Gasteiger partial charge in [-0.3, -0.25) is 4.79 Å². The lowest BCUT2D eigenvalue weighted by Crippen LogP contribution is -2.24. The number of hydrogen-bond donors (Lipinski definition) is 0. The molecule has 0 spiro atoms. The number of rotatable bonds is 2. The minimum Gasteiger partial charge on any atom is -0.311 e. The van der Waals surface area contributed by atoms with Crippen LogP contribution in [0.5, 0.6) is 0 Å². The van der Waals surface area contributed by atoms with Crippen LogP contribution in [0.2, 0.25) is 0 Å². The van der Waals surface area contributed by atoms with Gasteiger partial charge in [-0.1, -0.05) is 15.9 Å². The fourth-order valence-corrected chi connectivity index (χ4v) is 2.68. The molecule has 6 heteroatoms. The first-order valence-electron chi connectivity index (χ1n) is 4.79. The smallest absolute Gasteiger partial charge is 0.227 e. The Bertz CT molecular complexity index is 425. The van der Waals surface area contributed by atoms with Gasteiger partial charge in [0.15, 0.2) is 0 Å². The molecule has 1 aromatic heterocycles. The quantitative estimate of drug-likeness (QED) is 0.551. The Labute approximate surface area is 119 Å². The van der Waals surface area contributed by atoms with Crippen LogP contribution >= 0.6 is 47.8 Å². The van der Waals surface area contributed by atoms with Crippen LogP contribution in [0.1, 0.15) is 6.42 Å². The second kappa shape index (κ2) is 5.14. The molecule has 1 atom stereocenters. The van der Waals surface area contributed by atoms with Gasteiger partial charge in [0, 0.05) is 18.3 Å². The summed E-state index contributed by atoms with van der Waals surface area (Å²) in [7, 11) is 0. The van der Waals surface area contributed by atoms with E-state index in [-0.39, 0.29) is 5.91 Å². The molecule has 1 unspecified atom stereocenters. The van der Waals surface area contributed by atoms with E-state index in [1.165, 1.54) is 0 Å². The zero-order chi connectivity index (χ0) is 11.7. The first-order valence-corrected chi connectivity index (χ1v) is 7.50. The van der Waals surface area contributed by atoms with Crippen molar-refractivity contribution in [2.24, 2.45) is 5.92 Å². The zero-order valence-electron chi connectivity index (χ0n) is 8.29. The van der Waals surface area contributed by atoms with E-state index in [1.54, 1.807) is 11.1 Å². The lowest BCUT2D eigenvalue weighted by molar-refractivity contribution is -0.117. The Morgan fingerprint density at radius 3 is 2.81 bits per heavy atom. The molecule has 0 aliphatic carbocycles. The molecule has 1 amide bonds. The molecular formula is C10H9Br3N2O. The molecule has 1 aromatic rings. The molecule has 86 valence electrons. The number of aromatic nitrogens is 1. The second-order valence-electron chi connectivity index (χ2n) is 3.69. The fourth-order valence-electron chi connectivity index (χ4n) is 1.69. The molecule has 16 heavy (non-hydrogen) atoms. The number of alkyl halides is 1. The van der Waals surface area contributed by atoms with Crippen molar-refractivity contribution in [3.63, 3.8) is 0 Å². The van der Waals surface area contributed by atoms with Gasteiger partial charge in [-0.05, 0) is 43.8 Å². The molecule has 2 rings (SSSR count). The summed E-state index contributed by atoms with van der Waals surface area (Å²) in [4.78, 5) is 17.8. The van der Waals surface area contributed by atoms with Gasteiger partial charge < -0.3 is 4.90 Å². The summed E-state index contributed by atoms with van der Waals surface area (Å²) >= 11 is 10.1. The number of carbonyl (C=O) groups excluding carboxylic acids is 1. The number of carbonyl (C=O) groups is 1. The topological polar surface area (TPSA) is 33.2 Å².